The largest absolute Gasteiger partial charge is 0.393 e. The van der Waals surface area contributed by atoms with Crippen LogP contribution in [0.25, 0.3) is 0 Å². The molecule has 0 radical (unpaired) electrons. The minimum atomic E-state index is -0.0603. The maximum atomic E-state index is 9.72. The van der Waals surface area contributed by atoms with E-state index in [4.69, 9.17) is 18.0 Å². The number of hydrogen-bond donors (Lipinski definition) is 2. The molecular weight excluding hydrogens is 196 g/mol. The van der Waals surface area contributed by atoms with E-state index in [0.29, 0.717) is 10.9 Å². The number of aliphatic hydroxyl groups is 1. The maximum absolute atomic E-state index is 9.72. The minimum Gasteiger partial charge on any atom is -0.393 e. The lowest BCUT2D eigenvalue weighted by Crippen LogP contribution is -2.28. The molecule has 0 aromatic carbocycles. The van der Waals surface area contributed by atoms with Crippen molar-refractivity contribution in [3.63, 3.8) is 0 Å². The van der Waals surface area contributed by atoms with Crippen LogP contribution < -0.4 is 5.73 Å². The molecular formula is C10H18N2OS. The van der Waals surface area contributed by atoms with Crippen LogP contribution in [0.4, 0.5) is 0 Å². The topological polar surface area (TPSA) is 49.5 Å². The van der Waals surface area contributed by atoms with Crippen LogP contribution in [0.2, 0.25) is 0 Å². The molecule has 1 aliphatic carbocycles. The van der Waals surface area contributed by atoms with Gasteiger partial charge in [-0.3, -0.25) is 0 Å². The number of thiocarbonyl (C=S) groups is 1. The molecule has 3 nitrogen and oxygen atoms in total. The molecule has 3 atom stereocenters. The van der Waals surface area contributed by atoms with Crippen LogP contribution >= 0.6 is 12.2 Å². The van der Waals surface area contributed by atoms with Gasteiger partial charge < -0.3 is 15.7 Å². The van der Waals surface area contributed by atoms with Gasteiger partial charge in [-0.2, -0.15) is 0 Å². The molecule has 2 aliphatic rings. The van der Waals surface area contributed by atoms with Crippen LogP contribution in [0.3, 0.4) is 0 Å². The molecule has 0 aromatic heterocycles. The highest BCUT2D eigenvalue weighted by molar-refractivity contribution is 7.80. The van der Waals surface area contributed by atoms with E-state index in [1.54, 1.807) is 0 Å². The average Bonchev–Trinajstić information content (AvgIpc) is 2.65. The smallest absolute Gasteiger partial charge is 0.0740 e. The Kier molecular flexibility index (Phi) is 3.04. The molecule has 0 aromatic rings. The van der Waals surface area contributed by atoms with Crippen LogP contribution in [-0.2, 0) is 0 Å². The number of aliphatic hydroxyl groups excluding tert-OH is 1. The van der Waals surface area contributed by atoms with Gasteiger partial charge in [-0.15, -0.1) is 0 Å². The SMILES string of the molecule is NC(=S)CCN1CC2CCC(O)C2C1. The zero-order valence-corrected chi connectivity index (χ0v) is 9.17. The van der Waals surface area contributed by atoms with E-state index in [-0.39, 0.29) is 6.10 Å². The number of fused-ring (bicyclic) bond motifs is 1. The summed E-state index contributed by atoms with van der Waals surface area (Å²) in [4.78, 5) is 2.99. The van der Waals surface area contributed by atoms with Gasteiger partial charge in [0.15, 0.2) is 0 Å². The van der Waals surface area contributed by atoms with E-state index in [9.17, 15) is 5.11 Å². The first-order valence-corrected chi connectivity index (χ1v) is 5.76. The lowest BCUT2D eigenvalue weighted by molar-refractivity contribution is 0.124. The van der Waals surface area contributed by atoms with Crippen molar-refractivity contribution in [3.05, 3.63) is 0 Å². The van der Waals surface area contributed by atoms with Crippen molar-refractivity contribution in [1.82, 2.24) is 4.90 Å². The zero-order chi connectivity index (χ0) is 10.1. The first-order valence-electron chi connectivity index (χ1n) is 5.35. The summed E-state index contributed by atoms with van der Waals surface area (Å²) in [6, 6.07) is 0. The molecule has 0 spiro atoms. The summed E-state index contributed by atoms with van der Waals surface area (Å²) in [7, 11) is 0. The van der Waals surface area contributed by atoms with Gasteiger partial charge in [0.2, 0.25) is 0 Å². The second kappa shape index (κ2) is 4.13. The Labute approximate surface area is 90.3 Å². The summed E-state index contributed by atoms with van der Waals surface area (Å²) in [5.74, 6) is 1.23. The standard InChI is InChI=1S/C10H18N2OS/c11-10(14)3-4-12-5-7-1-2-9(13)8(7)6-12/h7-9,13H,1-6H2,(H2,11,14). The van der Waals surface area contributed by atoms with Crippen LogP contribution in [-0.4, -0.2) is 40.7 Å². The Hall–Kier alpha value is -0.190. The van der Waals surface area contributed by atoms with Gasteiger partial charge in [0.1, 0.15) is 0 Å². The molecule has 14 heavy (non-hydrogen) atoms. The maximum Gasteiger partial charge on any atom is 0.0740 e. The van der Waals surface area contributed by atoms with E-state index < -0.39 is 0 Å². The molecule has 2 rings (SSSR count). The van der Waals surface area contributed by atoms with Crippen molar-refractivity contribution in [2.75, 3.05) is 19.6 Å². The summed E-state index contributed by atoms with van der Waals surface area (Å²) in [6.07, 6.45) is 2.94. The van der Waals surface area contributed by atoms with Crippen LogP contribution in [0.1, 0.15) is 19.3 Å². The number of rotatable bonds is 3. The van der Waals surface area contributed by atoms with Gasteiger partial charge in [0.25, 0.3) is 0 Å². The highest BCUT2D eigenvalue weighted by Crippen LogP contribution is 2.37. The molecule has 4 heteroatoms. The van der Waals surface area contributed by atoms with Crippen LogP contribution in [0.5, 0.6) is 0 Å². The van der Waals surface area contributed by atoms with Gasteiger partial charge in [-0.25, -0.2) is 0 Å². The lowest BCUT2D eigenvalue weighted by Gasteiger charge is -2.17. The van der Waals surface area contributed by atoms with Crippen LogP contribution in [0, 0.1) is 11.8 Å². The fraction of sp³-hybridized carbons (Fsp3) is 0.900. The monoisotopic (exact) mass is 214 g/mol. The number of nitrogens with two attached hydrogens (primary N) is 1. The van der Waals surface area contributed by atoms with Gasteiger partial charge in [-0.05, 0) is 18.8 Å². The van der Waals surface area contributed by atoms with Crippen LogP contribution in [0.15, 0.2) is 0 Å². The first-order chi connectivity index (χ1) is 6.66. The van der Waals surface area contributed by atoms with E-state index in [0.717, 1.165) is 38.4 Å². The van der Waals surface area contributed by atoms with Gasteiger partial charge >= 0.3 is 0 Å². The van der Waals surface area contributed by atoms with Crippen molar-refractivity contribution < 1.29 is 5.11 Å². The van der Waals surface area contributed by atoms with Gasteiger partial charge in [-0.1, -0.05) is 12.2 Å². The van der Waals surface area contributed by atoms with E-state index in [1.165, 1.54) is 6.42 Å². The molecule has 0 amide bonds. The Bertz CT molecular complexity index is 234. The van der Waals surface area contributed by atoms with E-state index >= 15 is 0 Å². The fourth-order valence-corrected chi connectivity index (χ4v) is 2.87. The minimum absolute atomic E-state index is 0.0603. The third kappa shape index (κ3) is 2.07. The zero-order valence-electron chi connectivity index (χ0n) is 8.35. The first kappa shape index (κ1) is 10.3. The summed E-state index contributed by atoms with van der Waals surface area (Å²) < 4.78 is 0. The molecule has 2 fully saturated rings. The van der Waals surface area contributed by atoms with Crippen molar-refractivity contribution in [2.45, 2.75) is 25.4 Å². The van der Waals surface area contributed by atoms with E-state index in [1.807, 2.05) is 0 Å². The third-order valence-electron chi connectivity index (χ3n) is 3.57. The lowest BCUT2D eigenvalue weighted by atomic mass is 10.00. The Morgan fingerprint density at radius 3 is 2.86 bits per heavy atom. The molecule has 1 saturated heterocycles. The molecule has 1 aliphatic heterocycles. The summed E-state index contributed by atoms with van der Waals surface area (Å²) in [5.41, 5.74) is 5.47. The normalized spacial score (nSPS) is 37.4. The molecule has 0 bridgehead atoms. The fourth-order valence-electron chi connectivity index (χ4n) is 2.78. The highest BCUT2D eigenvalue weighted by Gasteiger charge is 2.41. The second-order valence-electron chi connectivity index (χ2n) is 4.54. The molecule has 3 unspecified atom stereocenters. The average molecular weight is 214 g/mol. The van der Waals surface area contributed by atoms with Gasteiger partial charge in [0.05, 0.1) is 11.1 Å². The second-order valence-corrected chi connectivity index (χ2v) is 5.07. The predicted octanol–water partition coefficient (Wildman–Crippen LogP) is 0.365. The Balaban J connectivity index is 1.80. The summed E-state index contributed by atoms with van der Waals surface area (Å²) in [6.45, 7) is 3.13. The summed E-state index contributed by atoms with van der Waals surface area (Å²) >= 11 is 4.86. The van der Waals surface area contributed by atoms with Crippen molar-refractivity contribution in [1.29, 1.82) is 0 Å². The summed E-state index contributed by atoms with van der Waals surface area (Å²) in [5, 5.41) is 9.72. The van der Waals surface area contributed by atoms with Crippen molar-refractivity contribution in [2.24, 2.45) is 17.6 Å². The third-order valence-corrected chi connectivity index (χ3v) is 3.77. The predicted molar refractivity (Wildman–Crippen MR) is 60.1 cm³/mol. The number of hydrogen-bond acceptors (Lipinski definition) is 3. The molecule has 1 saturated carbocycles. The van der Waals surface area contributed by atoms with Gasteiger partial charge in [0, 0.05) is 32.0 Å². The van der Waals surface area contributed by atoms with Crippen molar-refractivity contribution >= 4 is 17.2 Å². The number of nitrogens with zero attached hydrogens (tertiary/aromatic N) is 1. The van der Waals surface area contributed by atoms with Crippen molar-refractivity contribution in [3.8, 4) is 0 Å². The quantitative estimate of drug-likeness (QED) is 0.666. The Morgan fingerprint density at radius 1 is 1.43 bits per heavy atom. The number of likely N-dealkylation sites (tertiary alicyclic amines) is 1. The Morgan fingerprint density at radius 2 is 2.21 bits per heavy atom. The molecule has 3 N–H and O–H groups in total. The molecule has 1 heterocycles. The highest BCUT2D eigenvalue weighted by atomic mass is 32.1. The molecule has 80 valence electrons. The van der Waals surface area contributed by atoms with E-state index in [2.05, 4.69) is 4.90 Å².